The highest BCUT2D eigenvalue weighted by molar-refractivity contribution is 5.90. The molecule has 4 N–H and O–H groups in total. The summed E-state index contributed by atoms with van der Waals surface area (Å²) < 4.78 is 5.75. The fourth-order valence-electron chi connectivity index (χ4n) is 3.69. The van der Waals surface area contributed by atoms with Crippen LogP contribution in [0, 0.1) is 11.3 Å². The molecule has 20 heavy (non-hydrogen) atoms. The molecule has 0 radical (unpaired) electrons. The predicted molar refractivity (Wildman–Crippen MR) is 73.0 cm³/mol. The molecule has 4 unspecified atom stereocenters. The van der Waals surface area contributed by atoms with Gasteiger partial charge in [0.2, 0.25) is 5.91 Å². The van der Waals surface area contributed by atoms with Crippen LogP contribution in [0.1, 0.15) is 40.0 Å². The first-order valence-corrected chi connectivity index (χ1v) is 7.14. The monoisotopic (exact) mass is 284 g/mol. The number of nitrogens with two attached hydrogens (primary N) is 1. The van der Waals surface area contributed by atoms with E-state index in [1.54, 1.807) is 6.92 Å². The number of carboxylic acid groups (broad SMARTS) is 1. The highest BCUT2D eigenvalue weighted by atomic mass is 16.5. The van der Waals surface area contributed by atoms with Crippen LogP contribution >= 0.6 is 0 Å². The molecule has 2 fully saturated rings. The van der Waals surface area contributed by atoms with E-state index in [0.29, 0.717) is 0 Å². The Morgan fingerprint density at radius 1 is 1.50 bits per heavy atom. The normalized spacial score (nSPS) is 36.4. The highest BCUT2D eigenvalue weighted by Gasteiger charge is 2.70. The number of amides is 1. The minimum Gasteiger partial charge on any atom is -0.481 e. The van der Waals surface area contributed by atoms with E-state index in [1.165, 1.54) is 0 Å². The van der Waals surface area contributed by atoms with Gasteiger partial charge in [-0.05, 0) is 19.8 Å². The zero-order chi connectivity index (χ0) is 15.1. The van der Waals surface area contributed by atoms with Crippen LogP contribution in [0.4, 0.5) is 0 Å². The van der Waals surface area contributed by atoms with Gasteiger partial charge >= 0.3 is 5.97 Å². The lowest BCUT2D eigenvalue weighted by Gasteiger charge is -2.65. The minimum atomic E-state index is -0.981. The van der Waals surface area contributed by atoms with E-state index >= 15 is 0 Å². The SMILES string of the molecule is CC(CC(=O)O)NC(=O)C1(N)C2CCCOC2C1(C)C. The molecule has 1 amide bonds. The Morgan fingerprint density at radius 3 is 2.75 bits per heavy atom. The van der Waals surface area contributed by atoms with Crippen molar-refractivity contribution in [3.63, 3.8) is 0 Å². The number of carbonyl (C=O) groups excluding carboxylic acids is 1. The lowest BCUT2D eigenvalue weighted by atomic mass is 9.46. The van der Waals surface area contributed by atoms with Crippen molar-refractivity contribution in [1.29, 1.82) is 0 Å². The van der Waals surface area contributed by atoms with E-state index in [9.17, 15) is 9.59 Å². The molecular weight excluding hydrogens is 260 g/mol. The second-order valence-corrected chi connectivity index (χ2v) is 6.60. The van der Waals surface area contributed by atoms with Crippen LogP contribution in [-0.2, 0) is 14.3 Å². The summed E-state index contributed by atoms with van der Waals surface area (Å²) in [4.78, 5) is 23.2. The van der Waals surface area contributed by atoms with Gasteiger partial charge in [0.05, 0.1) is 12.5 Å². The number of rotatable bonds is 4. The number of ether oxygens (including phenoxy) is 1. The van der Waals surface area contributed by atoms with Crippen LogP contribution in [0.15, 0.2) is 0 Å². The Bertz CT molecular complexity index is 423. The average molecular weight is 284 g/mol. The summed E-state index contributed by atoms with van der Waals surface area (Å²) in [5.41, 5.74) is 5.00. The van der Waals surface area contributed by atoms with Gasteiger partial charge in [0.25, 0.3) is 0 Å². The number of carbonyl (C=O) groups is 2. The summed E-state index contributed by atoms with van der Waals surface area (Å²) in [6, 6.07) is -0.431. The maximum atomic E-state index is 12.5. The topological polar surface area (TPSA) is 102 Å². The summed E-state index contributed by atoms with van der Waals surface area (Å²) in [7, 11) is 0. The molecule has 2 rings (SSSR count). The van der Waals surface area contributed by atoms with Crippen molar-refractivity contribution >= 4 is 11.9 Å². The lowest BCUT2D eigenvalue weighted by Crippen LogP contribution is -2.82. The third-order valence-electron chi connectivity index (χ3n) is 4.92. The van der Waals surface area contributed by atoms with Gasteiger partial charge in [-0.3, -0.25) is 9.59 Å². The van der Waals surface area contributed by atoms with Crippen molar-refractivity contribution in [2.45, 2.75) is 57.7 Å². The van der Waals surface area contributed by atoms with E-state index < -0.39 is 23.0 Å². The Kier molecular flexibility index (Phi) is 3.81. The molecule has 0 aromatic carbocycles. The van der Waals surface area contributed by atoms with E-state index in [-0.39, 0.29) is 24.3 Å². The van der Waals surface area contributed by atoms with Crippen LogP contribution in [0.2, 0.25) is 0 Å². The molecule has 2 aliphatic rings. The van der Waals surface area contributed by atoms with E-state index in [0.717, 1.165) is 19.4 Å². The van der Waals surface area contributed by atoms with Crippen LogP contribution < -0.4 is 11.1 Å². The van der Waals surface area contributed by atoms with Gasteiger partial charge in [0.15, 0.2) is 0 Å². The minimum absolute atomic E-state index is 0.0155. The molecule has 6 nitrogen and oxygen atoms in total. The molecule has 4 atom stereocenters. The zero-order valence-corrected chi connectivity index (χ0v) is 12.3. The number of fused-ring (bicyclic) bond motifs is 1. The Balaban J connectivity index is 2.09. The number of aliphatic carboxylic acids is 1. The van der Waals surface area contributed by atoms with Crippen molar-refractivity contribution in [2.24, 2.45) is 17.1 Å². The van der Waals surface area contributed by atoms with Gasteiger partial charge in [0.1, 0.15) is 5.54 Å². The van der Waals surface area contributed by atoms with Crippen LogP contribution in [-0.4, -0.2) is 41.3 Å². The molecule has 1 saturated heterocycles. The smallest absolute Gasteiger partial charge is 0.305 e. The molecule has 0 spiro atoms. The summed E-state index contributed by atoms with van der Waals surface area (Å²) in [5.74, 6) is -1.18. The van der Waals surface area contributed by atoms with Gasteiger partial charge in [-0.2, -0.15) is 0 Å². The maximum absolute atomic E-state index is 12.5. The lowest BCUT2D eigenvalue weighted by molar-refractivity contribution is -0.225. The molecule has 1 aliphatic carbocycles. The fraction of sp³-hybridized carbons (Fsp3) is 0.857. The van der Waals surface area contributed by atoms with Gasteiger partial charge in [-0.15, -0.1) is 0 Å². The number of hydrogen-bond donors (Lipinski definition) is 3. The van der Waals surface area contributed by atoms with E-state index in [2.05, 4.69) is 5.32 Å². The number of hydrogen-bond acceptors (Lipinski definition) is 4. The van der Waals surface area contributed by atoms with Crippen molar-refractivity contribution < 1.29 is 19.4 Å². The number of carboxylic acids is 1. The van der Waals surface area contributed by atoms with Crippen LogP contribution in [0.3, 0.4) is 0 Å². The molecule has 1 aliphatic heterocycles. The van der Waals surface area contributed by atoms with Gasteiger partial charge in [-0.1, -0.05) is 13.8 Å². The van der Waals surface area contributed by atoms with Crippen LogP contribution in [0.5, 0.6) is 0 Å². The number of nitrogens with one attached hydrogen (secondary N) is 1. The van der Waals surface area contributed by atoms with Gasteiger partial charge in [0, 0.05) is 24.0 Å². The Morgan fingerprint density at radius 2 is 2.15 bits per heavy atom. The summed E-state index contributed by atoms with van der Waals surface area (Å²) >= 11 is 0. The molecule has 0 aromatic rings. The molecule has 114 valence electrons. The first kappa shape index (κ1) is 15.3. The van der Waals surface area contributed by atoms with Crippen molar-refractivity contribution in [3.8, 4) is 0 Å². The fourth-order valence-corrected chi connectivity index (χ4v) is 3.69. The van der Waals surface area contributed by atoms with E-state index in [4.69, 9.17) is 15.6 Å². The average Bonchev–Trinajstić information content (AvgIpc) is 2.36. The molecular formula is C14H24N2O4. The maximum Gasteiger partial charge on any atom is 0.305 e. The first-order valence-electron chi connectivity index (χ1n) is 7.14. The molecule has 0 bridgehead atoms. The van der Waals surface area contributed by atoms with Crippen molar-refractivity contribution in [1.82, 2.24) is 5.32 Å². The van der Waals surface area contributed by atoms with Crippen molar-refractivity contribution in [2.75, 3.05) is 6.61 Å². The molecule has 6 heteroatoms. The standard InChI is InChI=1S/C14H24N2O4/c1-8(7-10(17)18)16-12(19)14(15)9-5-4-6-20-11(9)13(14,2)3/h8-9,11H,4-7,15H2,1-3H3,(H,16,19)(H,17,18). The third-order valence-corrected chi connectivity index (χ3v) is 4.92. The second kappa shape index (κ2) is 5.00. The Labute approximate surface area is 119 Å². The second-order valence-electron chi connectivity index (χ2n) is 6.60. The predicted octanol–water partition coefficient (Wildman–Crippen LogP) is 0.498. The highest BCUT2D eigenvalue weighted by Crippen LogP contribution is 2.57. The van der Waals surface area contributed by atoms with Gasteiger partial charge in [-0.25, -0.2) is 0 Å². The molecule has 1 saturated carbocycles. The third kappa shape index (κ3) is 2.11. The van der Waals surface area contributed by atoms with Crippen molar-refractivity contribution in [3.05, 3.63) is 0 Å². The van der Waals surface area contributed by atoms with E-state index in [1.807, 2.05) is 13.8 Å². The summed E-state index contributed by atoms with van der Waals surface area (Å²) in [6.45, 7) is 6.29. The largest absolute Gasteiger partial charge is 0.481 e. The summed E-state index contributed by atoms with van der Waals surface area (Å²) in [5, 5.41) is 11.5. The van der Waals surface area contributed by atoms with Gasteiger partial charge < -0.3 is 20.9 Å². The van der Waals surface area contributed by atoms with Crippen LogP contribution in [0.25, 0.3) is 0 Å². The Hall–Kier alpha value is -1.14. The summed E-state index contributed by atoms with van der Waals surface area (Å²) in [6.07, 6.45) is 1.70. The first-order chi connectivity index (χ1) is 9.21. The quantitative estimate of drug-likeness (QED) is 0.697. The zero-order valence-electron chi connectivity index (χ0n) is 12.3. The molecule has 1 heterocycles. The molecule has 0 aromatic heterocycles.